The predicted octanol–water partition coefficient (Wildman–Crippen LogP) is 2.31. The lowest BCUT2D eigenvalue weighted by molar-refractivity contribution is -0.138. The lowest BCUT2D eigenvalue weighted by Gasteiger charge is -2.25. The maximum absolute atomic E-state index is 13.0. The summed E-state index contributed by atoms with van der Waals surface area (Å²) in [6, 6.07) is 5.42. The number of nitrogens with zero attached hydrogens (tertiary/aromatic N) is 1. The van der Waals surface area contributed by atoms with E-state index in [2.05, 4.69) is 15.5 Å². The van der Waals surface area contributed by atoms with Crippen LogP contribution in [0.3, 0.4) is 0 Å². The van der Waals surface area contributed by atoms with Gasteiger partial charge in [0.15, 0.2) is 0 Å². The number of likely N-dealkylation sites (N-methyl/N-ethyl adjacent to an activating group) is 1. The summed E-state index contributed by atoms with van der Waals surface area (Å²) in [5.41, 5.74) is -0.676. The second-order valence-electron chi connectivity index (χ2n) is 6.62. The summed E-state index contributed by atoms with van der Waals surface area (Å²) >= 11 is 0. The fourth-order valence-corrected chi connectivity index (χ4v) is 3.27. The second kappa shape index (κ2) is 8.53. The molecule has 1 heterocycles. The molecule has 0 aromatic heterocycles. The van der Waals surface area contributed by atoms with Crippen LogP contribution in [0.4, 0.5) is 13.2 Å². The molecule has 8 heteroatoms. The topological polar surface area (TPSA) is 61.4 Å². The Morgan fingerprint density at radius 2 is 1.81 bits per heavy atom. The summed E-state index contributed by atoms with van der Waals surface area (Å²) in [7, 11) is 1.90. The fourth-order valence-electron chi connectivity index (χ4n) is 3.27. The van der Waals surface area contributed by atoms with Crippen molar-refractivity contribution >= 4 is 11.8 Å². The smallest absolute Gasteiger partial charge is 0.355 e. The van der Waals surface area contributed by atoms with Gasteiger partial charge < -0.3 is 10.6 Å². The van der Waals surface area contributed by atoms with Crippen molar-refractivity contribution in [2.75, 3.05) is 13.6 Å². The van der Waals surface area contributed by atoms with Crippen LogP contribution >= 0.6 is 0 Å². The number of nitrogens with one attached hydrogen (secondary N) is 2. The lowest BCUT2D eigenvalue weighted by atomic mass is 10.1. The molecule has 2 rings (SSSR count). The van der Waals surface area contributed by atoms with Crippen molar-refractivity contribution in [3.8, 4) is 0 Å². The van der Waals surface area contributed by atoms with E-state index < -0.39 is 11.7 Å². The molecule has 0 saturated carbocycles. The van der Waals surface area contributed by atoms with Gasteiger partial charge in [0.25, 0.3) is 0 Å². The van der Waals surface area contributed by atoms with Crippen molar-refractivity contribution < 1.29 is 22.8 Å². The van der Waals surface area contributed by atoms with E-state index in [1.165, 1.54) is 25.1 Å². The van der Waals surface area contributed by atoms with Crippen LogP contribution in [-0.4, -0.2) is 42.4 Å². The van der Waals surface area contributed by atoms with Crippen LogP contribution in [0.15, 0.2) is 24.3 Å². The number of carbonyl (C=O) groups excluding carboxylic acids is 2. The number of alkyl halides is 3. The molecular weight excluding hydrogens is 347 g/mol. The number of likely N-dealkylation sites (tertiary alicyclic amines) is 1. The minimum atomic E-state index is -4.44. The number of hydrogen-bond acceptors (Lipinski definition) is 3. The number of amides is 2. The predicted molar refractivity (Wildman–Crippen MR) is 91.2 cm³/mol. The van der Waals surface area contributed by atoms with Gasteiger partial charge in [-0.05, 0) is 31.5 Å². The normalized spacial score (nSPS) is 20.8. The summed E-state index contributed by atoms with van der Waals surface area (Å²) in [4.78, 5) is 25.2. The van der Waals surface area contributed by atoms with Crippen molar-refractivity contribution in [3.63, 3.8) is 0 Å². The first-order valence-corrected chi connectivity index (χ1v) is 8.56. The Bertz CT molecular complexity index is 649. The Labute approximate surface area is 150 Å². The molecule has 0 unspecified atom stereocenters. The van der Waals surface area contributed by atoms with Gasteiger partial charge in [-0.15, -0.1) is 0 Å². The number of hydrogen-bond donors (Lipinski definition) is 2. The molecule has 144 valence electrons. The third-order valence-corrected chi connectivity index (χ3v) is 4.79. The van der Waals surface area contributed by atoms with Gasteiger partial charge in [-0.2, -0.15) is 13.2 Å². The SMILES string of the molecule is CC(=O)NC[C@H]1CC[C@@H](CC(=O)NCc2ccccc2C(F)(F)F)N1C. The highest BCUT2D eigenvalue weighted by atomic mass is 19.4. The van der Waals surface area contributed by atoms with Crippen LogP contribution in [0.5, 0.6) is 0 Å². The number of rotatable bonds is 6. The molecule has 1 fully saturated rings. The van der Waals surface area contributed by atoms with E-state index in [1.54, 1.807) is 0 Å². The maximum Gasteiger partial charge on any atom is 0.416 e. The van der Waals surface area contributed by atoms with Crippen molar-refractivity contribution in [2.45, 2.75) is 51.0 Å². The molecule has 1 aliphatic heterocycles. The molecule has 0 bridgehead atoms. The molecule has 1 aromatic carbocycles. The third kappa shape index (κ3) is 5.45. The molecule has 26 heavy (non-hydrogen) atoms. The third-order valence-electron chi connectivity index (χ3n) is 4.79. The molecular formula is C18H24F3N3O2. The Hall–Kier alpha value is -2.09. The molecule has 5 nitrogen and oxygen atoms in total. The molecule has 1 saturated heterocycles. The molecule has 0 radical (unpaired) electrons. The van der Waals surface area contributed by atoms with Crippen molar-refractivity contribution in [1.29, 1.82) is 0 Å². The highest BCUT2D eigenvalue weighted by Crippen LogP contribution is 2.31. The van der Waals surface area contributed by atoms with Gasteiger partial charge in [-0.25, -0.2) is 0 Å². The molecule has 2 atom stereocenters. The van der Waals surface area contributed by atoms with Gasteiger partial charge in [0.05, 0.1) is 5.56 Å². The average Bonchev–Trinajstić information content (AvgIpc) is 2.90. The number of carbonyl (C=O) groups is 2. The van der Waals surface area contributed by atoms with Gasteiger partial charge in [-0.1, -0.05) is 18.2 Å². The number of halogens is 3. The van der Waals surface area contributed by atoms with Gasteiger partial charge in [0, 0.05) is 38.5 Å². The van der Waals surface area contributed by atoms with Crippen LogP contribution in [0, 0.1) is 0 Å². The minimum absolute atomic E-state index is 0.0200. The van der Waals surface area contributed by atoms with Gasteiger partial charge >= 0.3 is 6.18 Å². The van der Waals surface area contributed by atoms with E-state index in [-0.39, 0.29) is 42.4 Å². The first-order chi connectivity index (χ1) is 12.2. The summed E-state index contributed by atoms with van der Waals surface area (Å²) in [5, 5.41) is 5.36. The Balaban J connectivity index is 1.86. The van der Waals surface area contributed by atoms with E-state index in [9.17, 15) is 22.8 Å². The summed E-state index contributed by atoms with van der Waals surface area (Å²) in [5.74, 6) is -0.373. The Morgan fingerprint density at radius 3 is 2.46 bits per heavy atom. The van der Waals surface area contributed by atoms with E-state index in [0.29, 0.717) is 6.54 Å². The zero-order valence-electron chi connectivity index (χ0n) is 14.9. The fraction of sp³-hybridized carbons (Fsp3) is 0.556. The second-order valence-corrected chi connectivity index (χ2v) is 6.62. The number of benzene rings is 1. The standard InChI is InChI=1S/C18H24F3N3O2/c1-12(25)22-11-15-8-7-14(24(15)2)9-17(26)23-10-13-5-3-4-6-16(13)18(19,20)21/h3-6,14-15H,7-11H2,1-2H3,(H,22,25)(H,23,26)/t14-,15+/m0/s1. The first-order valence-electron chi connectivity index (χ1n) is 8.56. The largest absolute Gasteiger partial charge is 0.416 e. The summed E-state index contributed by atoms with van der Waals surface area (Å²) < 4.78 is 38.9. The van der Waals surface area contributed by atoms with Crippen LogP contribution in [-0.2, 0) is 22.3 Å². The Kier molecular flexibility index (Phi) is 6.63. The molecule has 0 aliphatic carbocycles. The van der Waals surface area contributed by atoms with Crippen LogP contribution < -0.4 is 10.6 Å². The maximum atomic E-state index is 13.0. The van der Waals surface area contributed by atoms with E-state index >= 15 is 0 Å². The molecule has 0 spiro atoms. The van der Waals surface area contributed by atoms with Gasteiger partial charge in [0.1, 0.15) is 0 Å². The summed E-state index contributed by atoms with van der Waals surface area (Å²) in [6.45, 7) is 1.84. The lowest BCUT2D eigenvalue weighted by Crippen LogP contribution is -2.42. The zero-order chi connectivity index (χ0) is 19.3. The quantitative estimate of drug-likeness (QED) is 0.807. The van der Waals surface area contributed by atoms with Crippen molar-refractivity contribution in [2.24, 2.45) is 0 Å². The highest BCUT2D eigenvalue weighted by Gasteiger charge is 2.34. The van der Waals surface area contributed by atoms with E-state index in [4.69, 9.17) is 0 Å². The molecule has 2 N–H and O–H groups in total. The van der Waals surface area contributed by atoms with Crippen LogP contribution in [0.2, 0.25) is 0 Å². The molecule has 2 amide bonds. The van der Waals surface area contributed by atoms with Gasteiger partial charge in [0.2, 0.25) is 11.8 Å². The average molecular weight is 371 g/mol. The monoisotopic (exact) mass is 371 g/mol. The van der Waals surface area contributed by atoms with Crippen LogP contribution in [0.1, 0.15) is 37.3 Å². The van der Waals surface area contributed by atoms with Crippen molar-refractivity contribution in [1.82, 2.24) is 15.5 Å². The van der Waals surface area contributed by atoms with E-state index in [1.807, 2.05) is 7.05 Å². The molecule has 1 aromatic rings. The van der Waals surface area contributed by atoms with Crippen LogP contribution in [0.25, 0.3) is 0 Å². The minimum Gasteiger partial charge on any atom is -0.355 e. The van der Waals surface area contributed by atoms with Crippen molar-refractivity contribution in [3.05, 3.63) is 35.4 Å². The molecule has 1 aliphatic rings. The Morgan fingerprint density at radius 1 is 1.15 bits per heavy atom. The zero-order valence-corrected chi connectivity index (χ0v) is 14.9. The highest BCUT2D eigenvalue weighted by molar-refractivity contribution is 5.76. The van der Waals surface area contributed by atoms with E-state index in [0.717, 1.165) is 18.9 Å². The summed E-state index contributed by atoms with van der Waals surface area (Å²) in [6.07, 6.45) is -2.54. The first kappa shape index (κ1) is 20.2. The van der Waals surface area contributed by atoms with Gasteiger partial charge in [-0.3, -0.25) is 14.5 Å².